The van der Waals surface area contributed by atoms with Gasteiger partial charge in [0.2, 0.25) is 0 Å². The SMILES string of the molecule is COc1ccc2nc(CCCl)n(-c3cccc(C)c3)c2c1. The Balaban J connectivity index is 2.28. The van der Waals surface area contributed by atoms with Gasteiger partial charge in [0.05, 0.1) is 18.1 Å². The Labute approximate surface area is 129 Å². The van der Waals surface area contributed by atoms with Crippen molar-refractivity contribution in [3.05, 3.63) is 53.9 Å². The molecule has 2 aromatic carbocycles. The van der Waals surface area contributed by atoms with Crippen LogP contribution < -0.4 is 4.74 Å². The van der Waals surface area contributed by atoms with Crippen molar-refractivity contribution in [2.24, 2.45) is 0 Å². The smallest absolute Gasteiger partial charge is 0.121 e. The van der Waals surface area contributed by atoms with Gasteiger partial charge in [-0.3, -0.25) is 4.57 Å². The van der Waals surface area contributed by atoms with E-state index in [0.29, 0.717) is 5.88 Å². The lowest BCUT2D eigenvalue weighted by molar-refractivity contribution is 0.415. The topological polar surface area (TPSA) is 27.1 Å². The lowest BCUT2D eigenvalue weighted by atomic mass is 10.2. The monoisotopic (exact) mass is 300 g/mol. The highest BCUT2D eigenvalue weighted by molar-refractivity contribution is 6.17. The van der Waals surface area contributed by atoms with E-state index in [2.05, 4.69) is 35.8 Å². The van der Waals surface area contributed by atoms with Crippen molar-refractivity contribution in [1.82, 2.24) is 9.55 Å². The number of aromatic nitrogens is 2. The molecule has 0 fully saturated rings. The molecule has 0 amide bonds. The van der Waals surface area contributed by atoms with Crippen LogP contribution in [-0.2, 0) is 6.42 Å². The highest BCUT2D eigenvalue weighted by atomic mass is 35.5. The van der Waals surface area contributed by atoms with Crippen LogP contribution in [0.5, 0.6) is 5.75 Å². The summed E-state index contributed by atoms with van der Waals surface area (Å²) >= 11 is 5.93. The van der Waals surface area contributed by atoms with Crippen molar-refractivity contribution in [1.29, 1.82) is 0 Å². The molecule has 0 aliphatic heterocycles. The van der Waals surface area contributed by atoms with Gasteiger partial charge in [0, 0.05) is 24.1 Å². The molecule has 0 spiro atoms. The number of benzene rings is 2. The fourth-order valence-corrected chi connectivity index (χ4v) is 2.71. The van der Waals surface area contributed by atoms with Crippen LogP contribution in [0.2, 0.25) is 0 Å². The number of alkyl halides is 1. The molecule has 4 heteroatoms. The minimum Gasteiger partial charge on any atom is -0.497 e. The van der Waals surface area contributed by atoms with E-state index in [1.54, 1.807) is 7.11 Å². The summed E-state index contributed by atoms with van der Waals surface area (Å²) in [5, 5.41) is 0. The summed E-state index contributed by atoms with van der Waals surface area (Å²) < 4.78 is 7.50. The molecule has 0 bridgehead atoms. The third kappa shape index (κ3) is 2.61. The van der Waals surface area contributed by atoms with Gasteiger partial charge in [0.1, 0.15) is 11.6 Å². The van der Waals surface area contributed by atoms with E-state index in [1.165, 1.54) is 5.56 Å². The molecule has 0 N–H and O–H groups in total. The zero-order chi connectivity index (χ0) is 14.8. The van der Waals surface area contributed by atoms with E-state index >= 15 is 0 Å². The van der Waals surface area contributed by atoms with Crippen LogP contribution in [0.4, 0.5) is 0 Å². The Bertz CT molecular complexity index is 780. The van der Waals surface area contributed by atoms with E-state index in [1.807, 2.05) is 18.2 Å². The number of fused-ring (bicyclic) bond motifs is 1. The van der Waals surface area contributed by atoms with Gasteiger partial charge >= 0.3 is 0 Å². The number of ether oxygens (including phenoxy) is 1. The van der Waals surface area contributed by atoms with Gasteiger partial charge in [-0.2, -0.15) is 0 Å². The molecule has 21 heavy (non-hydrogen) atoms. The van der Waals surface area contributed by atoms with E-state index in [0.717, 1.165) is 34.7 Å². The molecule has 3 rings (SSSR count). The predicted molar refractivity (Wildman–Crippen MR) is 86.8 cm³/mol. The number of nitrogens with zero attached hydrogens (tertiary/aromatic N) is 2. The summed E-state index contributed by atoms with van der Waals surface area (Å²) in [6, 6.07) is 14.3. The zero-order valence-electron chi connectivity index (χ0n) is 12.1. The third-order valence-electron chi connectivity index (χ3n) is 3.51. The van der Waals surface area contributed by atoms with E-state index < -0.39 is 0 Å². The van der Waals surface area contributed by atoms with E-state index in [9.17, 15) is 0 Å². The van der Waals surface area contributed by atoms with Crippen molar-refractivity contribution in [3.63, 3.8) is 0 Å². The largest absolute Gasteiger partial charge is 0.497 e. The van der Waals surface area contributed by atoms with Gasteiger partial charge in [-0.15, -0.1) is 11.6 Å². The maximum Gasteiger partial charge on any atom is 0.121 e. The fraction of sp³-hybridized carbons (Fsp3) is 0.235. The second-order valence-corrected chi connectivity index (χ2v) is 5.37. The molecule has 0 aliphatic rings. The molecule has 0 saturated carbocycles. The van der Waals surface area contributed by atoms with Crippen molar-refractivity contribution in [2.75, 3.05) is 13.0 Å². The highest BCUT2D eigenvalue weighted by Gasteiger charge is 2.13. The highest BCUT2D eigenvalue weighted by Crippen LogP contribution is 2.26. The maximum absolute atomic E-state index is 5.93. The minimum atomic E-state index is 0.548. The fourth-order valence-electron chi connectivity index (χ4n) is 2.54. The third-order valence-corrected chi connectivity index (χ3v) is 3.70. The summed E-state index contributed by atoms with van der Waals surface area (Å²) in [4.78, 5) is 4.71. The van der Waals surface area contributed by atoms with Crippen LogP contribution >= 0.6 is 11.6 Å². The Kier molecular flexibility index (Phi) is 3.84. The first-order valence-electron chi connectivity index (χ1n) is 6.91. The lowest BCUT2D eigenvalue weighted by Gasteiger charge is -2.10. The van der Waals surface area contributed by atoms with Crippen LogP contribution in [0.3, 0.4) is 0 Å². The summed E-state index contributed by atoms with van der Waals surface area (Å²) in [7, 11) is 1.67. The number of rotatable bonds is 4. The Hall–Kier alpha value is -2.00. The van der Waals surface area contributed by atoms with E-state index in [-0.39, 0.29) is 0 Å². The Morgan fingerprint density at radius 1 is 1.19 bits per heavy atom. The molecular weight excluding hydrogens is 284 g/mol. The molecule has 1 aromatic heterocycles. The van der Waals surface area contributed by atoms with Crippen LogP contribution in [0.15, 0.2) is 42.5 Å². The second kappa shape index (κ2) is 5.78. The normalized spacial score (nSPS) is 11.0. The van der Waals surface area contributed by atoms with Gasteiger partial charge < -0.3 is 4.74 Å². The average molecular weight is 301 g/mol. The summed E-state index contributed by atoms with van der Waals surface area (Å²) in [6.07, 6.45) is 0.729. The lowest BCUT2D eigenvalue weighted by Crippen LogP contribution is -2.02. The summed E-state index contributed by atoms with van der Waals surface area (Å²) in [5.41, 5.74) is 4.32. The quantitative estimate of drug-likeness (QED) is 0.678. The van der Waals surface area contributed by atoms with Gasteiger partial charge in [-0.05, 0) is 36.8 Å². The number of hydrogen-bond acceptors (Lipinski definition) is 2. The van der Waals surface area contributed by atoms with Crippen molar-refractivity contribution in [3.8, 4) is 11.4 Å². The van der Waals surface area contributed by atoms with Gasteiger partial charge in [0.15, 0.2) is 0 Å². The van der Waals surface area contributed by atoms with Gasteiger partial charge in [0.25, 0.3) is 0 Å². The number of methoxy groups -OCH3 is 1. The van der Waals surface area contributed by atoms with Crippen LogP contribution in [-0.4, -0.2) is 22.5 Å². The van der Waals surface area contributed by atoms with Gasteiger partial charge in [-0.1, -0.05) is 12.1 Å². The van der Waals surface area contributed by atoms with Crippen LogP contribution in [0.1, 0.15) is 11.4 Å². The molecule has 0 aliphatic carbocycles. The zero-order valence-corrected chi connectivity index (χ0v) is 12.9. The van der Waals surface area contributed by atoms with Gasteiger partial charge in [-0.25, -0.2) is 4.98 Å². The van der Waals surface area contributed by atoms with Crippen molar-refractivity contribution >= 4 is 22.6 Å². The molecule has 1 heterocycles. The van der Waals surface area contributed by atoms with E-state index in [4.69, 9.17) is 21.3 Å². The first-order valence-corrected chi connectivity index (χ1v) is 7.45. The first kappa shape index (κ1) is 14.0. The summed E-state index contributed by atoms with van der Waals surface area (Å²) in [5.74, 6) is 2.35. The van der Waals surface area contributed by atoms with Crippen molar-refractivity contribution < 1.29 is 4.74 Å². The predicted octanol–water partition coefficient (Wildman–Crippen LogP) is 4.12. The Morgan fingerprint density at radius 3 is 2.76 bits per heavy atom. The first-order chi connectivity index (χ1) is 10.2. The second-order valence-electron chi connectivity index (χ2n) is 5.00. The van der Waals surface area contributed by atoms with Crippen molar-refractivity contribution in [2.45, 2.75) is 13.3 Å². The molecule has 3 aromatic rings. The molecule has 3 nitrogen and oxygen atoms in total. The average Bonchev–Trinajstić information content (AvgIpc) is 2.84. The Morgan fingerprint density at radius 2 is 2.05 bits per heavy atom. The molecule has 0 saturated heterocycles. The molecule has 0 radical (unpaired) electrons. The number of halogens is 1. The van der Waals surface area contributed by atoms with Crippen LogP contribution in [0.25, 0.3) is 16.7 Å². The molecule has 0 unspecified atom stereocenters. The standard InChI is InChI=1S/C17H17ClN2O/c1-12-4-3-5-13(10-12)20-16-11-14(21-2)6-7-15(16)19-17(20)8-9-18/h3-7,10-11H,8-9H2,1-2H3. The molecule has 0 atom stereocenters. The summed E-state index contributed by atoms with van der Waals surface area (Å²) in [6.45, 7) is 2.09. The molecule has 108 valence electrons. The number of imidazole rings is 1. The van der Waals surface area contributed by atoms with Crippen LogP contribution in [0, 0.1) is 6.92 Å². The molecular formula is C17H17ClN2O. The minimum absolute atomic E-state index is 0.548. The number of hydrogen-bond donors (Lipinski definition) is 0. The number of aryl methyl sites for hydroxylation is 2. The maximum atomic E-state index is 5.93.